The van der Waals surface area contributed by atoms with Gasteiger partial charge in [0.05, 0.1) is 6.20 Å². The van der Waals surface area contributed by atoms with Crippen LogP contribution >= 0.6 is 0 Å². The van der Waals surface area contributed by atoms with Crippen LogP contribution in [0.3, 0.4) is 0 Å². The van der Waals surface area contributed by atoms with E-state index in [0.29, 0.717) is 11.8 Å². The van der Waals surface area contributed by atoms with E-state index in [0.717, 1.165) is 13.1 Å². The summed E-state index contributed by atoms with van der Waals surface area (Å²) in [7, 11) is 0. The molecule has 0 aromatic carbocycles. The molecule has 8 nitrogen and oxygen atoms in total. The standard InChI is InChI=1S/C22H33N5O3/c1-13(2)18(25-20(28)17-10-23-8-9-24-17)21(29)26-19(14(3)4)22(30)27-11-15-6-5-7-16(15)12-27/h8-10,13-16,18-19H,5-7,11-12H2,1-4H3,(H,25,28)(H,26,29)/t15-,16+,18-,19+/m1/s1. The third-order valence-electron chi connectivity index (χ3n) is 6.30. The molecule has 4 atom stereocenters. The summed E-state index contributed by atoms with van der Waals surface area (Å²) in [5.41, 5.74) is 0.149. The molecular formula is C22H33N5O3. The second-order valence-corrected chi connectivity index (χ2v) is 9.21. The Hall–Kier alpha value is -2.51. The average Bonchev–Trinajstić information content (AvgIpc) is 3.31. The quantitative estimate of drug-likeness (QED) is 0.704. The number of hydrogen-bond donors (Lipinski definition) is 2. The van der Waals surface area contributed by atoms with Gasteiger partial charge in [0.2, 0.25) is 11.8 Å². The fourth-order valence-corrected chi connectivity index (χ4v) is 4.53. The fraction of sp³-hybridized carbons (Fsp3) is 0.682. The maximum atomic E-state index is 13.2. The Labute approximate surface area is 178 Å². The summed E-state index contributed by atoms with van der Waals surface area (Å²) in [4.78, 5) is 48.5. The highest BCUT2D eigenvalue weighted by Gasteiger charge is 2.41. The predicted molar refractivity (Wildman–Crippen MR) is 112 cm³/mol. The number of nitrogens with one attached hydrogen (secondary N) is 2. The van der Waals surface area contributed by atoms with E-state index < -0.39 is 18.0 Å². The second kappa shape index (κ2) is 9.53. The highest BCUT2D eigenvalue weighted by atomic mass is 16.2. The lowest BCUT2D eigenvalue weighted by atomic mass is 9.99. The maximum Gasteiger partial charge on any atom is 0.272 e. The van der Waals surface area contributed by atoms with Gasteiger partial charge in [0.15, 0.2) is 0 Å². The molecule has 0 unspecified atom stereocenters. The van der Waals surface area contributed by atoms with E-state index >= 15 is 0 Å². The molecule has 1 aliphatic carbocycles. The van der Waals surface area contributed by atoms with Crippen LogP contribution in [0.15, 0.2) is 18.6 Å². The number of hydrogen-bond acceptors (Lipinski definition) is 5. The van der Waals surface area contributed by atoms with Gasteiger partial charge in [-0.2, -0.15) is 0 Å². The molecule has 2 aliphatic rings. The molecule has 3 rings (SSSR count). The molecule has 0 radical (unpaired) electrons. The van der Waals surface area contributed by atoms with E-state index in [4.69, 9.17) is 0 Å². The third-order valence-corrected chi connectivity index (χ3v) is 6.30. The van der Waals surface area contributed by atoms with E-state index in [9.17, 15) is 14.4 Å². The van der Waals surface area contributed by atoms with E-state index in [1.54, 1.807) is 0 Å². The van der Waals surface area contributed by atoms with Crippen LogP contribution in [0.25, 0.3) is 0 Å². The molecule has 1 aromatic rings. The van der Waals surface area contributed by atoms with Gasteiger partial charge in [-0.1, -0.05) is 34.1 Å². The molecule has 1 aliphatic heterocycles. The Morgan fingerprint density at radius 2 is 1.60 bits per heavy atom. The maximum absolute atomic E-state index is 13.2. The Morgan fingerprint density at radius 3 is 2.13 bits per heavy atom. The zero-order valence-electron chi connectivity index (χ0n) is 18.3. The molecule has 1 saturated heterocycles. The smallest absolute Gasteiger partial charge is 0.272 e. The van der Waals surface area contributed by atoms with Gasteiger partial charge in [-0.3, -0.25) is 19.4 Å². The van der Waals surface area contributed by atoms with Gasteiger partial charge in [0.25, 0.3) is 5.91 Å². The molecule has 8 heteroatoms. The van der Waals surface area contributed by atoms with Gasteiger partial charge >= 0.3 is 0 Å². The summed E-state index contributed by atoms with van der Waals surface area (Å²) in [5, 5.41) is 5.66. The van der Waals surface area contributed by atoms with Gasteiger partial charge in [0, 0.05) is 25.5 Å². The largest absolute Gasteiger partial charge is 0.342 e. The van der Waals surface area contributed by atoms with Gasteiger partial charge in [-0.25, -0.2) is 4.98 Å². The van der Waals surface area contributed by atoms with Crippen LogP contribution in [0.4, 0.5) is 0 Å². The molecular weight excluding hydrogens is 382 g/mol. The van der Waals surface area contributed by atoms with Gasteiger partial charge in [0.1, 0.15) is 17.8 Å². The van der Waals surface area contributed by atoms with E-state index in [2.05, 4.69) is 20.6 Å². The van der Waals surface area contributed by atoms with Crippen molar-refractivity contribution in [2.45, 2.75) is 59.0 Å². The van der Waals surface area contributed by atoms with Crippen molar-refractivity contribution in [3.63, 3.8) is 0 Å². The number of likely N-dealkylation sites (tertiary alicyclic amines) is 1. The molecule has 2 N–H and O–H groups in total. The van der Waals surface area contributed by atoms with Crippen molar-refractivity contribution >= 4 is 17.7 Å². The Balaban J connectivity index is 1.66. The van der Waals surface area contributed by atoms with Crippen molar-refractivity contribution in [2.24, 2.45) is 23.7 Å². The van der Waals surface area contributed by atoms with Crippen molar-refractivity contribution in [1.82, 2.24) is 25.5 Å². The van der Waals surface area contributed by atoms with E-state index in [1.807, 2.05) is 32.6 Å². The number of fused-ring (bicyclic) bond motifs is 1. The predicted octanol–water partition coefficient (Wildman–Crippen LogP) is 1.63. The van der Waals surface area contributed by atoms with Crippen LogP contribution in [0, 0.1) is 23.7 Å². The molecule has 30 heavy (non-hydrogen) atoms. The Kier molecular flexibility index (Phi) is 7.05. The van der Waals surface area contributed by atoms with Crippen LogP contribution in [-0.2, 0) is 9.59 Å². The van der Waals surface area contributed by atoms with Crippen LogP contribution in [0.1, 0.15) is 57.4 Å². The molecule has 0 spiro atoms. The summed E-state index contributed by atoms with van der Waals surface area (Å²) >= 11 is 0. The summed E-state index contributed by atoms with van der Waals surface area (Å²) in [6.07, 6.45) is 7.90. The molecule has 2 heterocycles. The molecule has 0 bridgehead atoms. The molecule has 1 saturated carbocycles. The fourth-order valence-electron chi connectivity index (χ4n) is 4.53. The van der Waals surface area contributed by atoms with Gasteiger partial charge < -0.3 is 15.5 Å². The van der Waals surface area contributed by atoms with Gasteiger partial charge in [-0.15, -0.1) is 0 Å². The van der Waals surface area contributed by atoms with Crippen LogP contribution in [0.5, 0.6) is 0 Å². The van der Waals surface area contributed by atoms with Crippen molar-refractivity contribution < 1.29 is 14.4 Å². The number of rotatable bonds is 7. The summed E-state index contributed by atoms with van der Waals surface area (Å²) in [6.45, 7) is 9.16. The topological polar surface area (TPSA) is 104 Å². The number of aromatic nitrogens is 2. The summed E-state index contributed by atoms with van der Waals surface area (Å²) in [5.74, 6) is 0.172. The number of amides is 3. The van der Waals surface area contributed by atoms with Crippen molar-refractivity contribution in [2.75, 3.05) is 13.1 Å². The summed E-state index contributed by atoms with van der Waals surface area (Å²) < 4.78 is 0. The third kappa shape index (κ3) is 4.96. The van der Waals surface area contributed by atoms with E-state index in [1.165, 1.54) is 37.9 Å². The van der Waals surface area contributed by atoms with Crippen molar-refractivity contribution in [1.29, 1.82) is 0 Å². The van der Waals surface area contributed by atoms with Crippen LogP contribution in [-0.4, -0.2) is 57.8 Å². The lowest BCUT2D eigenvalue weighted by Crippen LogP contribution is -2.57. The zero-order chi connectivity index (χ0) is 21.8. The minimum atomic E-state index is -0.772. The SMILES string of the molecule is CC(C)[C@H](NC(=O)[C@H](NC(=O)c1cnccn1)C(C)C)C(=O)N1C[C@H]2CCC[C@H]2C1. The normalized spacial score (nSPS) is 22.7. The highest BCUT2D eigenvalue weighted by Crippen LogP contribution is 2.38. The minimum absolute atomic E-state index is 0.0180. The lowest BCUT2D eigenvalue weighted by molar-refractivity contribution is -0.137. The Bertz CT molecular complexity index is 755. The Morgan fingerprint density at radius 1 is 0.967 bits per heavy atom. The van der Waals surface area contributed by atoms with Crippen molar-refractivity contribution in [3.8, 4) is 0 Å². The first kappa shape index (κ1) is 22.2. The van der Waals surface area contributed by atoms with Gasteiger partial charge in [-0.05, 0) is 36.5 Å². The molecule has 164 valence electrons. The molecule has 1 aromatic heterocycles. The van der Waals surface area contributed by atoms with E-state index in [-0.39, 0.29) is 29.3 Å². The summed E-state index contributed by atoms with van der Waals surface area (Å²) in [6, 6.07) is -1.38. The van der Waals surface area contributed by atoms with Crippen molar-refractivity contribution in [3.05, 3.63) is 24.3 Å². The minimum Gasteiger partial charge on any atom is -0.342 e. The lowest BCUT2D eigenvalue weighted by Gasteiger charge is -2.30. The average molecular weight is 416 g/mol. The first-order valence-corrected chi connectivity index (χ1v) is 10.9. The molecule has 3 amide bonds. The highest BCUT2D eigenvalue weighted by molar-refractivity contribution is 5.97. The monoisotopic (exact) mass is 415 g/mol. The number of carbonyl (C=O) groups excluding carboxylic acids is 3. The second-order valence-electron chi connectivity index (χ2n) is 9.21. The van der Waals surface area contributed by atoms with Crippen LogP contribution < -0.4 is 10.6 Å². The number of carbonyl (C=O) groups is 3. The first-order chi connectivity index (χ1) is 14.3. The molecule has 2 fully saturated rings. The first-order valence-electron chi connectivity index (χ1n) is 10.9. The number of nitrogens with zero attached hydrogens (tertiary/aromatic N) is 3. The van der Waals surface area contributed by atoms with Crippen LogP contribution in [0.2, 0.25) is 0 Å². The zero-order valence-corrected chi connectivity index (χ0v) is 18.3.